The summed E-state index contributed by atoms with van der Waals surface area (Å²) >= 11 is 0. The summed E-state index contributed by atoms with van der Waals surface area (Å²) in [4.78, 5) is 12.0. The third-order valence-electron chi connectivity index (χ3n) is 2.56. The number of hydrogen-bond donors (Lipinski definition) is 3. The van der Waals surface area contributed by atoms with Gasteiger partial charge in [-0.15, -0.1) is 0 Å². The average molecular weight is 243 g/mol. The molecule has 3 N–H and O–H groups in total. The van der Waals surface area contributed by atoms with Crippen molar-refractivity contribution < 1.29 is 15.0 Å². The number of nitrogens with one attached hydrogen (secondary N) is 1. The summed E-state index contributed by atoms with van der Waals surface area (Å²) in [5, 5.41) is 21.3. The van der Waals surface area contributed by atoms with Gasteiger partial charge in [-0.05, 0) is 42.8 Å². The highest BCUT2D eigenvalue weighted by molar-refractivity contribution is 6.05. The van der Waals surface area contributed by atoms with Crippen molar-refractivity contribution in [3.63, 3.8) is 0 Å². The summed E-state index contributed by atoms with van der Waals surface area (Å²) in [6.07, 6.45) is 0. The van der Waals surface area contributed by atoms with Crippen LogP contribution in [0.15, 0.2) is 42.5 Å². The highest BCUT2D eigenvalue weighted by Gasteiger charge is 2.09. The van der Waals surface area contributed by atoms with Crippen LogP contribution in [0.2, 0.25) is 0 Å². The molecule has 4 heteroatoms. The van der Waals surface area contributed by atoms with Gasteiger partial charge in [-0.25, -0.2) is 0 Å². The van der Waals surface area contributed by atoms with Gasteiger partial charge in [0.05, 0.1) is 0 Å². The zero-order valence-electron chi connectivity index (χ0n) is 9.84. The highest BCUT2D eigenvalue weighted by Crippen LogP contribution is 2.19. The third kappa shape index (κ3) is 2.60. The molecule has 0 aliphatic rings. The Balaban J connectivity index is 2.22. The predicted molar refractivity (Wildman–Crippen MR) is 68.9 cm³/mol. The minimum Gasteiger partial charge on any atom is -0.508 e. The van der Waals surface area contributed by atoms with Crippen LogP contribution < -0.4 is 5.32 Å². The lowest BCUT2D eigenvalue weighted by Gasteiger charge is -2.08. The molecule has 0 saturated heterocycles. The normalized spacial score (nSPS) is 10.1. The van der Waals surface area contributed by atoms with E-state index in [0.717, 1.165) is 0 Å². The first kappa shape index (κ1) is 12.0. The van der Waals surface area contributed by atoms with Crippen LogP contribution in [0.4, 0.5) is 5.69 Å². The zero-order valence-corrected chi connectivity index (χ0v) is 9.84. The van der Waals surface area contributed by atoms with E-state index >= 15 is 0 Å². The maximum absolute atomic E-state index is 12.0. The molecule has 0 bridgehead atoms. The Kier molecular flexibility index (Phi) is 3.19. The molecular weight excluding hydrogens is 230 g/mol. The number of aromatic hydroxyl groups is 2. The second-order valence-electron chi connectivity index (χ2n) is 4.00. The van der Waals surface area contributed by atoms with Crippen molar-refractivity contribution >= 4 is 11.6 Å². The smallest absolute Gasteiger partial charge is 0.255 e. The van der Waals surface area contributed by atoms with E-state index in [1.807, 2.05) is 0 Å². The molecule has 2 aromatic rings. The van der Waals surface area contributed by atoms with Gasteiger partial charge in [0.1, 0.15) is 11.5 Å². The number of aryl methyl sites for hydroxylation is 1. The van der Waals surface area contributed by atoms with Crippen molar-refractivity contribution in [1.29, 1.82) is 0 Å². The number of carbonyl (C=O) groups excluding carboxylic acids is 1. The average Bonchev–Trinajstić information content (AvgIpc) is 2.28. The molecule has 0 saturated carbocycles. The molecule has 0 atom stereocenters. The number of carbonyl (C=O) groups is 1. The van der Waals surface area contributed by atoms with E-state index < -0.39 is 0 Å². The Labute approximate surface area is 105 Å². The van der Waals surface area contributed by atoms with Crippen molar-refractivity contribution in [3.8, 4) is 11.5 Å². The zero-order chi connectivity index (χ0) is 13.1. The molecule has 0 radical (unpaired) electrons. The van der Waals surface area contributed by atoms with Crippen molar-refractivity contribution in [3.05, 3.63) is 53.6 Å². The first-order valence-electron chi connectivity index (χ1n) is 5.46. The molecule has 0 fully saturated rings. The molecule has 18 heavy (non-hydrogen) atoms. The van der Waals surface area contributed by atoms with Crippen molar-refractivity contribution in [1.82, 2.24) is 0 Å². The van der Waals surface area contributed by atoms with Gasteiger partial charge in [0, 0.05) is 17.3 Å². The lowest BCUT2D eigenvalue weighted by atomic mass is 10.1. The van der Waals surface area contributed by atoms with Gasteiger partial charge in [-0.1, -0.05) is 6.07 Å². The number of rotatable bonds is 2. The van der Waals surface area contributed by atoms with Crippen LogP contribution in [0, 0.1) is 6.92 Å². The quantitative estimate of drug-likeness (QED) is 0.759. The Bertz CT molecular complexity index is 593. The van der Waals surface area contributed by atoms with Crippen LogP contribution in [-0.2, 0) is 0 Å². The number of hydrogen-bond acceptors (Lipinski definition) is 3. The summed E-state index contributed by atoms with van der Waals surface area (Å²) in [6.45, 7) is 1.75. The molecule has 4 nitrogen and oxygen atoms in total. The van der Waals surface area contributed by atoms with Crippen LogP contribution >= 0.6 is 0 Å². The highest BCUT2D eigenvalue weighted by atomic mass is 16.3. The molecular formula is C14H13NO3. The number of anilines is 1. The molecule has 92 valence electrons. The van der Waals surface area contributed by atoms with Crippen LogP contribution in [0.5, 0.6) is 11.5 Å². The van der Waals surface area contributed by atoms with Crippen molar-refractivity contribution in [2.24, 2.45) is 0 Å². The number of phenolic OH excluding ortho intramolecular Hbond substituents is 2. The molecule has 0 aliphatic carbocycles. The number of phenols is 2. The molecule has 2 aromatic carbocycles. The fourth-order valence-electron chi connectivity index (χ4n) is 1.68. The minimum absolute atomic E-state index is 0.0928. The summed E-state index contributed by atoms with van der Waals surface area (Å²) in [6, 6.07) is 10.9. The Morgan fingerprint density at radius 3 is 2.44 bits per heavy atom. The number of amides is 1. The Hall–Kier alpha value is -2.49. The van der Waals surface area contributed by atoms with E-state index in [4.69, 9.17) is 0 Å². The summed E-state index contributed by atoms with van der Waals surface area (Å²) in [7, 11) is 0. The van der Waals surface area contributed by atoms with Crippen LogP contribution in [0.1, 0.15) is 15.9 Å². The van der Waals surface area contributed by atoms with Crippen LogP contribution in [-0.4, -0.2) is 16.1 Å². The lowest BCUT2D eigenvalue weighted by Crippen LogP contribution is -2.13. The van der Waals surface area contributed by atoms with E-state index in [1.165, 1.54) is 24.3 Å². The van der Waals surface area contributed by atoms with Crippen molar-refractivity contribution in [2.75, 3.05) is 5.32 Å². The Morgan fingerprint density at radius 2 is 1.78 bits per heavy atom. The molecule has 0 spiro atoms. The van der Waals surface area contributed by atoms with Gasteiger partial charge in [-0.2, -0.15) is 0 Å². The predicted octanol–water partition coefficient (Wildman–Crippen LogP) is 2.66. The largest absolute Gasteiger partial charge is 0.508 e. The molecule has 0 unspecified atom stereocenters. The standard InChI is InChI=1S/C14H13NO3/c1-9-7-12(17)5-6-13(9)14(18)15-10-3-2-4-11(16)8-10/h2-8,16-17H,1H3,(H,15,18). The molecule has 0 aromatic heterocycles. The third-order valence-corrected chi connectivity index (χ3v) is 2.56. The summed E-state index contributed by atoms with van der Waals surface area (Å²) < 4.78 is 0. The summed E-state index contributed by atoms with van der Waals surface area (Å²) in [5.41, 5.74) is 1.69. The second-order valence-corrected chi connectivity index (χ2v) is 4.00. The van der Waals surface area contributed by atoms with Gasteiger partial charge in [0.25, 0.3) is 5.91 Å². The topological polar surface area (TPSA) is 69.6 Å². The monoisotopic (exact) mass is 243 g/mol. The second kappa shape index (κ2) is 4.79. The lowest BCUT2D eigenvalue weighted by molar-refractivity contribution is 0.102. The van der Waals surface area contributed by atoms with E-state index in [0.29, 0.717) is 16.8 Å². The van der Waals surface area contributed by atoms with Crippen molar-refractivity contribution in [2.45, 2.75) is 6.92 Å². The van der Waals surface area contributed by atoms with Crippen LogP contribution in [0.3, 0.4) is 0 Å². The van der Waals surface area contributed by atoms with E-state index in [-0.39, 0.29) is 17.4 Å². The van der Waals surface area contributed by atoms with E-state index in [1.54, 1.807) is 25.1 Å². The van der Waals surface area contributed by atoms with E-state index in [2.05, 4.69) is 5.32 Å². The minimum atomic E-state index is -0.280. The first-order chi connectivity index (χ1) is 8.56. The fraction of sp³-hybridized carbons (Fsp3) is 0.0714. The fourth-order valence-corrected chi connectivity index (χ4v) is 1.68. The van der Waals surface area contributed by atoms with Gasteiger partial charge < -0.3 is 15.5 Å². The number of benzene rings is 2. The van der Waals surface area contributed by atoms with Gasteiger partial charge in [0.15, 0.2) is 0 Å². The Morgan fingerprint density at radius 1 is 1.06 bits per heavy atom. The van der Waals surface area contributed by atoms with Gasteiger partial charge in [0.2, 0.25) is 0 Å². The van der Waals surface area contributed by atoms with E-state index in [9.17, 15) is 15.0 Å². The van der Waals surface area contributed by atoms with Gasteiger partial charge >= 0.3 is 0 Å². The molecule has 1 amide bonds. The molecule has 2 rings (SSSR count). The maximum Gasteiger partial charge on any atom is 0.255 e. The van der Waals surface area contributed by atoms with Gasteiger partial charge in [-0.3, -0.25) is 4.79 Å². The first-order valence-corrected chi connectivity index (χ1v) is 5.46. The maximum atomic E-state index is 12.0. The SMILES string of the molecule is Cc1cc(O)ccc1C(=O)Nc1cccc(O)c1. The summed E-state index contributed by atoms with van der Waals surface area (Å²) in [5.74, 6) is -0.0604. The molecule has 0 heterocycles. The molecule has 0 aliphatic heterocycles. The van der Waals surface area contributed by atoms with Crippen LogP contribution in [0.25, 0.3) is 0 Å².